The molecule has 1 aliphatic rings. The number of phenols is 1. The molecule has 152 valence electrons. The number of hydrogen-bond acceptors (Lipinski definition) is 6. The molecule has 0 bridgehead atoms. The molecule has 2 aromatic heterocycles. The predicted molar refractivity (Wildman–Crippen MR) is 110 cm³/mol. The number of methoxy groups -OCH3 is 1. The summed E-state index contributed by atoms with van der Waals surface area (Å²) in [7, 11) is 1.37. The van der Waals surface area contributed by atoms with Gasteiger partial charge in [-0.05, 0) is 36.4 Å². The Hall–Kier alpha value is -3.94. The summed E-state index contributed by atoms with van der Waals surface area (Å²) in [4.78, 5) is 4.65. The van der Waals surface area contributed by atoms with E-state index in [1.165, 1.54) is 13.2 Å². The lowest BCUT2D eigenvalue weighted by Crippen LogP contribution is -2.15. The highest BCUT2D eigenvalue weighted by Crippen LogP contribution is 2.39. The van der Waals surface area contributed by atoms with E-state index in [-0.39, 0.29) is 5.75 Å². The van der Waals surface area contributed by atoms with Gasteiger partial charge in [0.05, 0.1) is 7.11 Å². The van der Waals surface area contributed by atoms with Gasteiger partial charge in [0, 0.05) is 23.5 Å². The maximum Gasteiger partial charge on any atom is 0.194 e. The first-order chi connectivity index (χ1) is 14.6. The molecule has 4 aromatic rings. The molecule has 7 nitrogen and oxygen atoms in total. The summed E-state index contributed by atoms with van der Waals surface area (Å²) in [5.74, 6) is 0.689. The van der Waals surface area contributed by atoms with Crippen molar-refractivity contribution in [2.24, 2.45) is 0 Å². The number of ether oxygens (including phenoxy) is 3. The second-order valence-corrected chi connectivity index (χ2v) is 6.73. The van der Waals surface area contributed by atoms with Gasteiger partial charge in [-0.1, -0.05) is 6.07 Å². The average Bonchev–Trinajstić information content (AvgIpc) is 3.14. The molecule has 2 N–H and O–H groups in total. The third kappa shape index (κ3) is 3.02. The van der Waals surface area contributed by atoms with Gasteiger partial charge in [-0.25, -0.2) is 9.37 Å². The molecule has 0 unspecified atom stereocenters. The minimum atomic E-state index is -0.785. The van der Waals surface area contributed by atoms with Crippen molar-refractivity contribution in [3.05, 3.63) is 60.5 Å². The van der Waals surface area contributed by atoms with Gasteiger partial charge in [-0.2, -0.15) is 0 Å². The maximum absolute atomic E-state index is 14.3. The van der Waals surface area contributed by atoms with Gasteiger partial charge in [0.15, 0.2) is 28.8 Å². The van der Waals surface area contributed by atoms with Crippen LogP contribution in [0, 0.1) is 5.82 Å². The minimum absolute atomic E-state index is 0.0346. The Kier molecular flexibility index (Phi) is 4.31. The monoisotopic (exact) mass is 407 g/mol. The largest absolute Gasteiger partial charge is 0.502 e. The van der Waals surface area contributed by atoms with E-state index in [0.717, 1.165) is 5.69 Å². The number of fused-ring (bicyclic) bond motifs is 2. The molecule has 1 aliphatic heterocycles. The predicted octanol–water partition coefficient (Wildman–Crippen LogP) is 4.37. The Labute approximate surface area is 171 Å². The molecule has 8 heteroatoms. The molecule has 0 fully saturated rings. The number of aromatic hydroxyl groups is 1. The maximum atomic E-state index is 14.3. The van der Waals surface area contributed by atoms with Crippen LogP contribution in [0.2, 0.25) is 0 Å². The van der Waals surface area contributed by atoms with Crippen LogP contribution < -0.4 is 19.5 Å². The number of nitrogens with one attached hydrogen (secondary N) is 1. The van der Waals surface area contributed by atoms with Crippen LogP contribution in [0.5, 0.6) is 23.0 Å². The van der Waals surface area contributed by atoms with Crippen LogP contribution in [0.3, 0.4) is 0 Å². The number of aromatic nitrogens is 2. The van der Waals surface area contributed by atoms with Crippen LogP contribution in [0.4, 0.5) is 15.9 Å². The molecule has 5 rings (SSSR count). The van der Waals surface area contributed by atoms with Gasteiger partial charge in [-0.3, -0.25) is 4.40 Å². The zero-order valence-corrected chi connectivity index (χ0v) is 16.1. The molecule has 0 amide bonds. The Balaban J connectivity index is 1.64. The molecule has 0 saturated heterocycles. The van der Waals surface area contributed by atoms with Gasteiger partial charge in [0.2, 0.25) is 0 Å². The van der Waals surface area contributed by atoms with Crippen LogP contribution >= 0.6 is 0 Å². The first-order valence-corrected chi connectivity index (χ1v) is 9.34. The van der Waals surface area contributed by atoms with Crippen molar-refractivity contribution < 1.29 is 23.7 Å². The Morgan fingerprint density at radius 2 is 1.93 bits per heavy atom. The highest BCUT2D eigenvalue weighted by molar-refractivity contribution is 5.81. The van der Waals surface area contributed by atoms with Gasteiger partial charge < -0.3 is 24.6 Å². The van der Waals surface area contributed by atoms with Crippen LogP contribution in [0.15, 0.2) is 54.7 Å². The van der Waals surface area contributed by atoms with Crippen molar-refractivity contribution in [2.45, 2.75) is 0 Å². The molecular formula is C22H18FN3O4. The second kappa shape index (κ2) is 7.14. The number of halogens is 1. The average molecular weight is 407 g/mol. The second-order valence-electron chi connectivity index (χ2n) is 6.73. The van der Waals surface area contributed by atoms with Crippen molar-refractivity contribution in [1.29, 1.82) is 0 Å². The molecule has 2 aromatic carbocycles. The fourth-order valence-electron chi connectivity index (χ4n) is 3.44. The van der Waals surface area contributed by atoms with Gasteiger partial charge in [0.1, 0.15) is 30.4 Å². The van der Waals surface area contributed by atoms with E-state index in [2.05, 4.69) is 10.3 Å². The first-order valence-electron chi connectivity index (χ1n) is 9.34. The molecular weight excluding hydrogens is 389 g/mol. The molecule has 0 aliphatic carbocycles. The molecule has 3 heterocycles. The van der Waals surface area contributed by atoms with Crippen LogP contribution in [-0.4, -0.2) is 34.8 Å². The molecule has 0 saturated carbocycles. The van der Waals surface area contributed by atoms with Gasteiger partial charge in [0.25, 0.3) is 0 Å². The van der Waals surface area contributed by atoms with E-state index in [1.807, 2.05) is 47.0 Å². The highest BCUT2D eigenvalue weighted by atomic mass is 19.1. The number of anilines is 2. The van der Waals surface area contributed by atoms with E-state index in [0.29, 0.717) is 47.4 Å². The Bertz CT molecular complexity index is 1250. The van der Waals surface area contributed by atoms with Crippen LogP contribution in [0.25, 0.3) is 16.9 Å². The van der Waals surface area contributed by atoms with E-state index in [1.54, 1.807) is 6.07 Å². The van der Waals surface area contributed by atoms with E-state index in [4.69, 9.17) is 14.2 Å². The summed E-state index contributed by atoms with van der Waals surface area (Å²) >= 11 is 0. The molecule has 0 atom stereocenters. The standard InChI is InChI=1S/C22H18FN3O4/c1-28-18-11-13(10-15(23)21(18)27)20-22(26-7-3-2-4-19(26)25-20)24-14-5-6-16-17(12-14)30-9-8-29-16/h2-7,10-12,24,27H,8-9H2,1H3. The van der Waals surface area contributed by atoms with E-state index in [9.17, 15) is 9.50 Å². The zero-order chi connectivity index (χ0) is 20.7. The lowest BCUT2D eigenvalue weighted by atomic mass is 10.1. The zero-order valence-electron chi connectivity index (χ0n) is 16.1. The molecule has 30 heavy (non-hydrogen) atoms. The molecule has 0 spiro atoms. The number of nitrogens with zero attached hydrogens (tertiary/aromatic N) is 2. The number of rotatable bonds is 4. The first kappa shape index (κ1) is 18.1. The topological polar surface area (TPSA) is 77.3 Å². The van der Waals surface area contributed by atoms with Crippen molar-refractivity contribution in [3.63, 3.8) is 0 Å². The number of hydrogen-bond donors (Lipinski definition) is 2. The summed E-state index contributed by atoms with van der Waals surface area (Å²) in [5.41, 5.74) is 2.41. The number of phenolic OH excluding ortho intramolecular Hbond substituents is 1. The third-order valence-corrected chi connectivity index (χ3v) is 4.86. The normalized spacial score (nSPS) is 12.7. The van der Waals surface area contributed by atoms with Crippen molar-refractivity contribution >= 4 is 17.2 Å². The van der Waals surface area contributed by atoms with Crippen molar-refractivity contribution in [3.8, 4) is 34.3 Å². The Morgan fingerprint density at radius 1 is 1.10 bits per heavy atom. The summed E-state index contributed by atoms with van der Waals surface area (Å²) in [6.45, 7) is 1.01. The lowest BCUT2D eigenvalue weighted by molar-refractivity contribution is 0.171. The molecule has 0 radical (unpaired) electrons. The Morgan fingerprint density at radius 3 is 2.77 bits per heavy atom. The number of pyridine rings is 1. The summed E-state index contributed by atoms with van der Waals surface area (Å²) < 4.78 is 32.5. The SMILES string of the molecule is COc1cc(-c2nc3ccccn3c2Nc2ccc3c(c2)OCCO3)cc(F)c1O. The minimum Gasteiger partial charge on any atom is -0.502 e. The number of benzene rings is 2. The van der Waals surface area contributed by atoms with Crippen LogP contribution in [-0.2, 0) is 0 Å². The van der Waals surface area contributed by atoms with Crippen LogP contribution in [0.1, 0.15) is 0 Å². The van der Waals surface area contributed by atoms with E-state index < -0.39 is 11.6 Å². The number of imidazole rings is 1. The van der Waals surface area contributed by atoms with Crippen molar-refractivity contribution in [2.75, 3.05) is 25.6 Å². The summed E-state index contributed by atoms with van der Waals surface area (Å²) in [6.07, 6.45) is 1.86. The fourth-order valence-corrected chi connectivity index (χ4v) is 3.44. The summed E-state index contributed by atoms with van der Waals surface area (Å²) in [5, 5.41) is 13.2. The summed E-state index contributed by atoms with van der Waals surface area (Å²) in [6, 6.07) is 13.9. The highest BCUT2D eigenvalue weighted by Gasteiger charge is 2.19. The fraction of sp³-hybridized carbons (Fsp3) is 0.136. The smallest absolute Gasteiger partial charge is 0.194 e. The van der Waals surface area contributed by atoms with Gasteiger partial charge in [-0.15, -0.1) is 0 Å². The van der Waals surface area contributed by atoms with Crippen molar-refractivity contribution in [1.82, 2.24) is 9.38 Å². The quantitative estimate of drug-likeness (QED) is 0.523. The lowest BCUT2D eigenvalue weighted by Gasteiger charge is -2.19. The van der Waals surface area contributed by atoms with Gasteiger partial charge >= 0.3 is 0 Å². The van der Waals surface area contributed by atoms with E-state index >= 15 is 0 Å². The third-order valence-electron chi connectivity index (χ3n) is 4.86.